The molecule has 0 aromatic heterocycles. The largest absolute Gasteiger partial charge is 0.325 e. The standard InChI is InChI=1S/C13H19FN2/c1-16-8-6-13(15,7-9-16)10-11-4-2-3-5-12(11)14/h2-5H,6-10,15H2,1H3. The maximum absolute atomic E-state index is 13.5. The van der Waals surface area contributed by atoms with Crippen molar-refractivity contribution in [3.63, 3.8) is 0 Å². The third-order valence-electron chi connectivity index (χ3n) is 3.48. The van der Waals surface area contributed by atoms with E-state index in [9.17, 15) is 4.39 Å². The van der Waals surface area contributed by atoms with Crippen LogP contribution in [0.25, 0.3) is 0 Å². The summed E-state index contributed by atoms with van der Waals surface area (Å²) in [7, 11) is 2.10. The Hall–Kier alpha value is -0.930. The van der Waals surface area contributed by atoms with Crippen molar-refractivity contribution in [3.05, 3.63) is 35.6 Å². The van der Waals surface area contributed by atoms with Crippen LogP contribution in [-0.2, 0) is 6.42 Å². The lowest BCUT2D eigenvalue weighted by Crippen LogP contribution is -2.50. The highest BCUT2D eigenvalue weighted by Crippen LogP contribution is 2.24. The van der Waals surface area contributed by atoms with Crippen molar-refractivity contribution < 1.29 is 4.39 Å². The molecular formula is C13H19FN2. The molecule has 2 rings (SSSR count). The highest BCUT2D eigenvalue weighted by Gasteiger charge is 2.30. The number of nitrogens with zero attached hydrogens (tertiary/aromatic N) is 1. The number of likely N-dealkylation sites (tertiary alicyclic amines) is 1. The molecule has 1 saturated heterocycles. The maximum atomic E-state index is 13.5. The number of benzene rings is 1. The fraction of sp³-hybridized carbons (Fsp3) is 0.538. The minimum absolute atomic E-state index is 0.133. The first-order valence-corrected chi connectivity index (χ1v) is 5.80. The van der Waals surface area contributed by atoms with E-state index in [0.717, 1.165) is 31.5 Å². The second kappa shape index (κ2) is 4.52. The average molecular weight is 222 g/mol. The number of rotatable bonds is 2. The Morgan fingerprint density at radius 1 is 1.31 bits per heavy atom. The van der Waals surface area contributed by atoms with Crippen LogP contribution < -0.4 is 5.73 Å². The van der Waals surface area contributed by atoms with Crippen LogP contribution in [0.2, 0.25) is 0 Å². The first kappa shape index (κ1) is 11.6. The lowest BCUT2D eigenvalue weighted by molar-refractivity contribution is 0.189. The van der Waals surface area contributed by atoms with Crippen molar-refractivity contribution in [1.29, 1.82) is 0 Å². The molecule has 0 saturated carbocycles. The van der Waals surface area contributed by atoms with Gasteiger partial charge in [0.1, 0.15) is 5.82 Å². The van der Waals surface area contributed by atoms with Crippen LogP contribution in [0.3, 0.4) is 0 Å². The summed E-state index contributed by atoms with van der Waals surface area (Å²) in [5.41, 5.74) is 6.85. The molecule has 0 bridgehead atoms. The van der Waals surface area contributed by atoms with E-state index in [-0.39, 0.29) is 11.4 Å². The number of nitrogens with two attached hydrogens (primary N) is 1. The van der Waals surface area contributed by atoms with E-state index in [1.54, 1.807) is 6.07 Å². The minimum atomic E-state index is -0.227. The van der Waals surface area contributed by atoms with E-state index in [1.807, 2.05) is 12.1 Å². The van der Waals surface area contributed by atoms with Crippen molar-refractivity contribution in [2.24, 2.45) is 5.73 Å². The van der Waals surface area contributed by atoms with Crippen molar-refractivity contribution in [2.75, 3.05) is 20.1 Å². The van der Waals surface area contributed by atoms with Crippen LogP contribution in [-0.4, -0.2) is 30.6 Å². The Balaban J connectivity index is 2.07. The second-order valence-corrected chi connectivity index (χ2v) is 4.93. The number of piperidine rings is 1. The molecule has 3 heteroatoms. The average Bonchev–Trinajstić information content (AvgIpc) is 2.27. The molecule has 16 heavy (non-hydrogen) atoms. The SMILES string of the molecule is CN1CCC(N)(Cc2ccccc2F)CC1. The fourth-order valence-corrected chi connectivity index (χ4v) is 2.26. The van der Waals surface area contributed by atoms with Gasteiger partial charge in [-0.1, -0.05) is 18.2 Å². The smallest absolute Gasteiger partial charge is 0.126 e. The normalized spacial score (nSPS) is 20.9. The van der Waals surface area contributed by atoms with Crippen LogP contribution in [0.1, 0.15) is 18.4 Å². The van der Waals surface area contributed by atoms with Crippen LogP contribution in [0.15, 0.2) is 24.3 Å². The summed E-state index contributed by atoms with van der Waals surface area (Å²) in [6.45, 7) is 2.01. The highest BCUT2D eigenvalue weighted by molar-refractivity contribution is 5.20. The molecule has 1 aromatic rings. The van der Waals surface area contributed by atoms with Gasteiger partial charge >= 0.3 is 0 Å². The lowest BCUT2D eigenvalue weighted by atomic mass is 9.83. The zero-order valence-electron chi connectivity index (χ0n) is 9.75. The molecule has 0 aliphatic carbocycles. The second-order valence-electron chi connectivity index (χ2n) is 4.93. The predicted octanol–water partition coefficient (Wildman–Crippen LogP) is 1.79. The summed E-state index contributed by atoms with van der Waals surface area (Å²) in [5.74, 6) is -0.133. The van der Waals surface area contributed by atoms with Crippen LogP contribution in [0.4, 0.5) is 4.39 Å². The van der Waals surface area contributed by atoms with E-state index in [2.05, 4.69) is 11.9 Å². The van der Waals surface area contributed by atoms with Gasteiger partial charge in [-0.15, -0.1) is 0 Å². The molecule has 0 unspecified atom stereocenters. The van der Waals surface area contributed by atoms with E-state index in [1.165, 1.54) is 6.07 Å². The molecule has 1 heterocycles. The van der Waals surface area contributed by atoms with Gasteiger partial charge < -0.3 is 10.6 Å². The summed E-state index contributed by atoms with van der Waals surface area (Å²) in [5, 5.41) is 0. The zero-order chi connectivity index (χ0) is 11.6. The number of hydrogen-bond donors (Lipinski definition) is 1. The van der Waals surface area contributed by atoms with Gasteiger partial charge in [-0.3, -0.25) is 0 Å². The highest BCUT2D eigenvalue weighted by atomic mass is 19.1. The van der Waals surface area contributed by atoms with Crippen molar-refractivity contribution >= 4 is 0 Å². The molecule has 1 aliphatic heterocycles. The first-order chi connectivity index (χ1) is 7.59. The lowest BCUT2D eigenvalue weighted by Gasteiger charge is -2.37. The Morgan fingerprint density at radius 2 is 1.94 bits per heavy atom. The van der Waals surface area contributed by atoms with Gasteiger partial charge in [0.2, 0.25) is 0 Å². The molecule has 0 atom stereocenters. The molecule has 0 radical (unpaired) electrons. The van der Waals surface area contributed by atoms with Crippen molar-refractivity contribution in [1.82, 2.24) is 4.90 Å². The Kier molecular flexibility index (Phi) is 3.26. The van der Waals surface area contributed by atoms with Gasteiger partial charge in [0.05, 0.1) is 0 Å². The maximum Gasteiger partial charge on any atom is 0.126 e. The van der Waals surface area contributed by atoms with Gasteiger partial charge in [0.15, 0.2) is 0 Å². The van der Waals surface area contributed by atoms with Gasteiger partial charge in [-0.25, -0.2) is 4.39 Å². The van der Waals surface area contributed by atoms with E-state index in [0.29, 0.717) is 6.42 Å². The first-order valence-electron chi connectivity index (χ1n) is 5.80. The number of hydrogen-bond acceptors (Lipinski definition) is 2. The fourth-order valence-electron chi connectivity index (χ4n) is 2.26. The van der Waals surface area contributed by atoms with Crippen LogP contribution in [0, 0.1) is 5.82 Å². The predicted molar refractivity (Wildman–Crippen MR) is 63.8 cm³/mol. The van der Waals surface area contributed by atoms with E-state index >= 15 is 0 Å². The third-order valence-corrected chi connectivity index (χ3v) is 3.48. The summed E-state index contributed by atoms with van der Waals surface area (Å²) in [6.07, 6.45) is 2.53. The summed E-state index contributed by atoms with van der Waals surface area (Å²) < 4.78 is 13.5. The molecule has 2 N–H and O–H groups in total. The van der Waals surface area contributed by atoms with Gasteiger partial charge in [0.25, 0.3) is 0 Å². The molecule has 88 valence electrons. The van der Waals surface area contributed by atoms with Gasteiger partial charge in [0, 0.05) is 5.54 Å². The zero-order valence-corrected chi connectivity index (χ0v) is 9.75. The Labute approximate surface area is 96.2 Å². The molecular weight excluding hydrogens is 203 g/mol. The van der Waals surface area contributed by atoms with Gasteiger partial charge in [-0.05, 0) is 51.0 Å². The minimum Gasteiger partial charge on any atom is -0.325 e. The monoisotopic (exact) mass is 222 g/mol. The molecule has 1 fully saturated rings. The topological polar surface area (TPSA) is 29.3 Å². The summed E-state index contributed by atoms with van der Waals surface area (Å²) in [6, 6.07) is 6.93. The third kappa shape index (κ3) is 2.60. The molecule has 1 aliphatic rings. The van der Waals surface area contributed by atoms with Crippen molar-refractivity contribution in [2.45, 2.75) is 24.8 Å². The quantitative estimate of drug-likeness (QED) is 0.826. The Morgan fingerprint density at radius 3 is 2.56 bits per heavy atom. The molecule has 0 spiro atoms. The van der Waals surface area contributed by atoms with Crippen LogP contribution >= 0.6 is 0 Å². The van der Waals surface area contributed by atoms with Crippen LogP contribution in [0.5, 0.6) is 0 Å². The molecule has 2 nitrogen and oxygen atoms in total. The summed E-state index contributed by atoms with van der Waals surface area (Å²) in [4.78, 5) is 2.27. The molecule has 1 aromatic carbocycles. The molecule has 0 amide bonds. The van der Waals surface area contributed by atoms with Gasteiger partial charge in [-0.2, -0.15) is 0 Å². The van der Waals surface area contributed by atoms with E-state index in [4.69, 9.17) is 5.73 Å². The summed E-state index contributed by atoms with van der Waals surface area (Å²) >= 11 is 0. The van der Waals surface area contributed by atoms with Crippen molar-refractivity contribution in [3.8, 4) is 0 Å². The number of halogens is 1. The Bertz CT molecular complexity index is 357. The van der Waals surface area contributed by atoms with E-state index < -0.39 is 0 Å².